The second kappa shape index (κ2) is 7.43. The van der Waals surface area contributed by atoms with Crippen LogP contribution in [0.1, 0.15) is 29.7 Å². The molecule has 0 aliphatic carbocycles. The largest absolute Gasteiger partial charge is 0.470 e. The van der Waals surface area contributed by atoms with Gasteiger partial charge in [-0.1, -0.05) is 18.2 Å². The molecule has 126 valence electrons. The van der Waals surface area contributed by atoms with Crippen molar-refractivity contribution >= 4 is 19.4 Å². The van der Waals surface area contributed by atoms with Crippen molar-refractivity contribution in [2.45, 2.75) is 31.7 Å². The van der Waals surface area contributed by atoms with Gasteiger partial charge in [0.05, 0.1) is 21.1 Å². The molecule has 1 rings (SSSR count). The highest BCUT2D eigenvalue weighted by Gasteiger charge is 2.29. The van der Waals surface area contributed by atoms with Gasteiger partial charge in [0.1, 0.15) is 12.6 Å². The number of alkyl halides is 1. The second-order valence-corrected chi connectivity index (χ2v) is 8.67. The highest BCUT2D eigenvalue weighted by Crippen LogP contribution is 2.43. The molecule has 0 saturated heterocycles. The summed E-state index contributed by atoms with van der Waals surface area (Å²) in [4.78, 5) is 18.4. The number of hydrogen-bond acceptors (Lipinski definition) is 2. The van der Waals surface area contributed by atoms with Crippen molar-refractivity contribution in [1.82, 2.24) is 0 Å². The first-order valence-corrected chi connectivity index (χ1v) is 9.12. The first kappa shape index (κ1) is 19.6. The quantitative estimate of drug-likeness (QED) is 0.450. The molecule has 22 heavy (non-hydrogen) atoms. The average molecular weight is 351 g/mol. The highest BCUT2D eigenvalue weighted by atomic mass is 35.5. The molecule has 5 nitrogen and oxygen atoms in total. The van der Waals surface area contributed by atoms with E-state index < -0.39 is 13.9 Å². The monoisotopic (exact) mass is 350 g/mol. The number of rotatable bonds is 7. The molecule has 0 aromatic heterocycles. The van der Waals surface area contributed by atoms with E-state index in [4.69, 9.17) is 16.1 Å². The molecule has 0 fully saturated rings. The van der Waals surface area contributed by atoms with Crippen LogP contribution in [-0.4, -0.2) is 47.3 Å². The predicted octanol–water partition coefficient (Wildman–Crippen LogP) is 3.02. The Morgan fingerprint density at radius 2 is 1.91 bits per heavy atom. The predicted molar refractivity (Wildman–Crippen MR) is 89.0 cm³/mol. The molecule has 0 saturated carbocycles. The molecule has 2 atom stereocenters. The Morgan fingerprint density at radius 1 is 1.32 bits per heavy atom. The normalized spacial score (nSPS) is 15.6. The van der Waals surface area contributed by atoms with Gasteiger partial charge in [0, 0.05) is 5.38 Å². The van der Waals surface area contributed by atoms with Crippen LogP contribution in [-0.2, 0) is 15.5 Å². The SMILES string of the molecule is Cc1ccc(CC(C)Cl)cc1C(C[N+](C)(C)C)OP(=O)(O)O. The molecule has 2 N–H and O–H groups in total. The van der Waals surface area contributed by atoms with E-state index >= 15 is 0 Å². The number of aryl methyl sites for hydroxylation is 1. The molecule has 0 aliphatic rings. The minimum Gasteiger partial charge on any atom is -0.328 e. The van der Waals surface area contributed by atoms with E-state index in [1.54, 1.807) is 0 Å². The fourth-order valence-electron chi connectivity index (χ4n) is 2.34. The molecular weight excluding hydrogens is 325 g/mol. The molecule has 0 bridgehead atoms. The Balaban J connectivity index is 3.19. The zero-order valence-electron chi connectivity index (χ0n) is 13.8. The molecule has 0 spiro atoms. The summed E-state index contributed by atoms with van der Waals surface area (Å²) >= 11 is 6.04. The third-order valence-corrected chi connectivity index (χ3v) is 3.87. The molecule has 7 heteroatoms. The molecule has 1 aromatic rings. The Morgan fingerprint density at radius 3 is 2.36 bits per heavy atom. The van der Waals surface area contributed by atoms with E-state index in [0.29, 0.717) is 17.4 Å². The number of quaternary nitrogens is 1. The number of nitrogens with zero attached hydrogens (tertiary/aromatic N) is 1. The number of benzene rings is 1. The number of phosphoric ester groups is 1. The summed E-state index contributed by atoms with van der Waals surface area (Å²) in [6.07, 6.45) is 0.0217. The van der Waals surface area contributed by atoms with Crippen molar-refractivity contribution < 1.29 is 23.4 Å². The lowest BCUT2D eigenvalue weighted by Gasteiger charge is -2.30. The molecule has 0 heterocycles. The van der Waals surface area contributed by atoms with Crippen LogP contribution < -0.4 is 0 Å². The summed E-state index contributed by atoms with van der Waals surface area (Å²) < 4.78 is 16.9. The fourth-order valence-corrected chi connectivity index (χ4v) is 3.03. The number of likely N-dealkylation sites (N-methyl/N-ethyl adjacent to an activating group) is 1. The standard InChI is InChI=1S/C15H25ClNO4P/c1-11-6-7-13(8-12(2)16)9-14(11)15(10-17(3,4)5)21-22(18,19)20/h6-7,9,12,15H,8,10H2,1-5H3,(H-,18,19,20)/p+1. The first-order chi connectivity index (χ1) is 9.87. The molecule has 2 unspecified atom stereocenters. The molecule has 0 amide bonds. The van der Waals surface area contributed by atoms with Gasteiger partial charge in [0.25, 0.3) is 0 Å². The van der Waals surface area contributed by atoms with Gasteiger partial charge in [-0.05, 0) is 37.0 Å². The van der Waals surface area contributed by atoms with Crippen LogP contribution in [0.15, 0.2) is 18.2 Å². The van der Waals surface area contributed by atoms with Crippen LogP contribution in [0.3, 0.4) is 0 Å². The Hall–Kier alpha value is -0.420. The van der Waals surface area contributed by atoms with Crippen molar-refractivity contribution in [3.05, 3.63) is 34.9 Å². The second-order valence-electron chi connectivity index (χ2n) is 6.73. The van der Waals surface area contributed by atoms with Crippen LogP contribution in [0, 0.1) is 6.92 Å². The topological polar surface area (TPSA) is 66.8 Å². The zero-order chi connectivity index (χ0) is 17.1. The van der Waals surface area contributed by atoms with E-state index in [-0.39, 0.29) is 5.38 Å². The lowest BCUT2D eigenvalue weighted by molar-refractivity contribution is -0.874. The summed E-state index contributed by atoms with van der Waals surface area (Å²) in [7, 11) is 1.29. The van der Waals surface area contributed by atoms with Gasteiger partial charge in [0.15, 0.2) is 0 Å². The van der Waals surface area contributed by atoms with E-state index in [1.807, 2.05) is 53.2 Å². The number of hydrogen-bond donors (Lipinski definition) is 2. The molecule has 0 radical (unpaired) electrons. The Labute approximate surface area is 137 Å². The lowest BCUT2D eigenvalue weighted by atomic mass is 9.98. The minimum absolute atomic E-state index is 0.00453. The fraction of sp³-hybridized carbons (Fsp3) is 0.600. The lowest BCUT2D eigenvalue weighted by Crippen LogP contribution is -2.39. The van der Waals surface area contributed by atoms with Crippen molar-refractivity contribution in [1.29, 1.82) is 0 Å². The molecule has 0 aliphatic heterocycles. The zero-order valence-corrected chi connectivity index (χ0v) is 15.4. The molecule has 1 aromatic carbocycles. The number of halogens is 1. The summed E-state index contributed by atoms with van der Waals surface area (Å²) in [6.45, 7) is 4.28. The summed E-state index contributed by atoms with van der Waals surface area (Å²) in [5.41, 5.74) is 2.77. The van der Waals surface area contributed by atoms with Crippen LogP contribution in [0.5, 0.6) is 0 Å². The van der Waals surface area contributed by atoms with Gasteiger partial charge in [-0.25, -0.2) is 4.57 Å². The van der Waals surface area contributed by atoms with Gasteiger partial charge < -0.3 is 14.3 Å². The Bertz CT molecular complexity index is 551. The van der Waals surface area contributed by atoms with Gasteiger partial charge in [-0.3, -0.25) is 4.52 Å². The highest BCUT2D eigenvalue weighted by molar-refractivity contribution is 7.46. The van der Waals surface area contributed by atoms with E-state index in [0.717, 1.165) is 16.7 Å². The first-order valence-electron chi connectivity index (χ1n) is 7.15. The minimum atomic E-state index is -4.57. The maximum Gasteiger partial charge on any atom is 0.470 e. The van der Waals surface area contributed by atoms with Crippen molar-refractivity contribution in [2.75, 3.05) is 27.7 Å². The van der Waals surface area contributed by atoms with Gasteiger partial charge in [0.2, 0.25) is 0 Å². The maximum atomic E-state index is 11.3. The third-order valence-electron chi connectivity index (χ3n) is 3.19. The van der Waals surface area contributed by atoms with E-state index in [1.165, 1.54) is 0 Å². The van der Waals surface area contributed by atoms with Gasteiger partial charge >= 0.3 is 7.82 Å². The van der Waals surface area contributed by atoms with Gasteiger partial charge in [-0.2, -0.15) is 0 Å². The van der Waals surface area contributed by atoms with Crippen molar-refractivity contribution in [2.24, 2.45) is 0 Å². The smallest absolute Gasteiger partial charge is 0.328 e. The van der Waals surface area contributed by atoms with Crippen LogP contribution in [0.2, 0.25) is 0 Å². The van der Waals surface area contributed by atoms with Gasteiger partial charge in [-0.15, -0.1) is 11.6 Å². The summed E-state index contributed by atoms with van der Waals surface area (Å²) in [5, 5.41) is -0.00453. The summed E-state index contributed by atoms with van der Waals surface area (Å²) in [5.74, 6) is 0. The van der Waals surface area contributed by atoms with Crippen molar-refractivity contribution in [3.8, 4) is 0 Å². The average Bonchev–Trinajstić information content (AvgIpc) is 2.26. The van der Waals surface area contributed by atoms with Crippen LogP contribution in [0.4, 0.5) is 0 Å². The maximum absolute atomic E-state index is 11.3. The van der Waals surface area contributed by atoms with Crippen LogP contribution in [0.25, 0.3) is 0 Å². The summed E-state index contributed by atoms with van der Waals surface area (Å²) in [6, 6.07) is 5.86. The number of phosphoric acid groups is 1. The van der Waals surface area contributed by atoms with E-state index in [2.05, 4.69) is 0 Å². The van der Waals surface area contributed by atoms with Crippen LogP contribution >= 0.6 is 19.4 Å². The molecular formula is C15H26ClNO4P+. The Kier molecular flexibility index (Phi) is 6.63. The van der Waals surface area contributed by atoms with Crippen molar-refractivity contribution in [3.63, 3.8) is 0 Å². The third kappa shape index (κ3) is 7.23. The van der Waals surface area contributed by atoms with E-state index in [9.17, 15) is 14.4 Å².